The summed E-state index contributed by atoms with van der Waals surface area (Å²) in [5.74, 6) is 0.743. The molecule has 1 N–H and O–H groups in total. The van der Waals surface area contributed by atoms with Gasteiger partial charge in [0.2, 0.25) is 0 Å². The van der Waals surface area contributed by atoms with Crippen LogP contribution in [0.2, 0.25) is 0 Å². The molecule has 1 fully saturated rings. The van der Waals surface area contributed by atoms with Crippen molar-refractivity contribution < 1.29 is 0 Å². The molecule has 0 saturated carbocycles. The Morgan fingerprint density at radius 1 is 0.882 bits per heavy atom. The zero-order chi connectivity index (χ0) is 10.8. The number of piperidine rings is 1. The fourth-order valence-corrected chi connectivity index (χ4v) is 2.74. The summed E-state index contributed by atoms with van der Waals surface area (Å²) in [6.07, 6.45) is 2.54. The van der Waals surface area contributed by atoms with E-state index < -0.39 is 0 Å². The van der Waals surface area contributed by atoms with Crippen LogP contribution in [0, 0.1) is 0 Å². The Hall–Kier alpha value is -1.05. The summed E-state index contributed by atoms with van der Waals surface area (Å²) in [6.45, 7) is 2.32. The Balaban J connectivity index is 0.00000108. The molecular formula is C15H18ClN. The van der Waals surface area contributed by atoms with E-state index >= 15 is 0 Å². The molecule has 0 aromatic heterocycles. The summed E-state index contributed by atoms with van der Waals surface area (Å²) < 4.78 is 0. The molecule has 0 aliphatic carbocycles. The molecular weight excluding hydrogens is 230 g/mol. The highest BCUT2D eigenvalue weighted by atomic mass is 35.5. The van der Waals surface area contributed by atoms with Gasteiger partial charge < -0.3 is 5.32 Å². The Morgan fingerprint density at radius 2 is 1.59 bits per heavy atom. The lowest BCUT2D eigenvalue weighted by Gasteiger charge is -2.24. The van der Waals surface area contributed by atoms with Crippen LogP contribution < -0.4 is 5.32 Å². The van der Waals surface area contributed by atoms with Gasteiger partial charge in [-0.05, 0) is 48.2 Å². The maximum Gasteiger partial charge on any atom is -0.00431 e. The number of fused-ring (bicyclic) bond motifs is 1. The van der Waals surface area contributed by atoms with Crippen LogP contribution in [0.3, 0.4) is 0 Å². The monoisotopic (exact) mass is 247 g/mol. The molecule has 1 aliphatic rings. The minimum Gasteiger partial charge on any atom is -0.317 e. The van der Waals surface area contributed by atoms with Crippen molar-refractivity contribution >= 4 is 23.2 Å². The number of halogens is 1. The molecule has 90 valence electrons. The fourth-order valence-electron chi connectivity index (χ4n) is 2.74. The van der Waals surface area contributed by atoms with Gasteiger partial charge in [-0.15, -0.1) is 12.4 Å². The highest BCUT2D eigenvalue weighted by Gasteiger charge is 2.16. The molecule has 1 aliphatic heterocycles. The van der Waals surface area contributed by atoms with Gasteiger partial charge >= 0.3 is 0 Å². The van der Waals surface area contributed by atoms with Gasteiger partial charge in [0.05, 0.1) is 0 Å². The maximum absolute atomic E-state index is 3.43. The topological polar surface area (TPSA) is 12.0 Å². The van der Waals surface area contributed by atoms with Gasteiger partial charge in [0.1, 0.15) is 0 Å². The number of nitrogens with one attached hydrogen (secondary N) is 1. The van der Waals surface area contributed by atoms with E-state index in [0.717, 1.165) is 19.0 Å². The smallest absolute Gasteiger partial charge is 0.00431 e. The second-order valence-electron chi connectivity index (χ2n) is 4.59. The van der Waals surface area contributed by atoms with Crippen LogP contribution in [0.5, 0.6) is 0 Å². The number of benzene rings is 2. The quantitative estimate of drug-likeness (QED) is 0.810. The highest BCUT2D eigenvalue weighted by Crippen LogP contribution is 2.31. The fraction of sp³-hybridized carbons (Fsp3) is 0.333. The SMILES string of the molecule is Cl.c1ccc2c(C3CCNCC3)cccc2c1. The zero-order valence-corrected chi connectivity index (χ0v) is 10.7. The standard InChI is InChI=1S/C15H17N.ClH/c1-2-6-14-12(4-1)5-3-7-15(14)13-8-10-16-11-9-13;/h1-7,13,16H,8-11H2;1H. The van der Waals surface area contributed by atoms with E-state index in [-0.39, 0.29) is 12.4 Å². The predicted octanol–water partition coefficient (Wildman–Crippen LogP) is 3.73. The first-order chi connectivity index (χ1) is 7.95. The van der Waals surface area contributed by atoms with Crippen LogP contribution in [-0.2, 0) is 0 Å². The van der Waals surface area contributed by atoms with E-state index in [9.17, 15) is 0 Å². The van der Waals surface area contributed by atoms with Gasteiger partial charge in [-0.1, -0.05) is 42.5 Å². The molecule has 0 spiro atoms. The Morgan fingerprint density at radius 3 is 2.41 bits per heavy atom. The molecule has 0 amide bonds. The normalized spacial score (nSPS) is 16.7. The third-order valence-electron chi connectivity index (χ3n) is 3.60. The minimum absolute atomic E-state index is 0. The van der Waals surface area contributed by atoms with Crippen LogP contribution in [0.1, 0.15) is 24.3 Å². The summed E-state index contributed by atoms with van der Waals surface area (Å²) >= 11 is 0. The Kier molecular flexibility index (Phi) is 4.03. The van der Waals surface area contributed by atoms with Crippen molar-refractivity contribution in [1.82, 2.24) is 5.32 Å². The van der Waals surface area contributed by atoms with E-state index in [2.05, 4.69) is 47.8 Å². The van der Waals surface area contributed by atoms with Gasteiger partial charge in [0, 0.05) is 0 Å². The lowest BCUT2D eigenvalue weighted by atomic mass is 9.87. The Bertz CT molecular complexity index is 484. The van der Waals surface area contributed by atoms with Crippen molar-refractivity contribution in [3.05, 3.63) is 48.0 Å². The van der Waals surface area contributed by atoms with Gasteiger partial charge in [-0.25, -0.2) is 0 Å². The molecule has 0 radical (unpaired) electrons. The number of rotatable bonds is 1. The predicted molar refractivity (Wildman–Crippen MR) is 76.0 cm³/mol. The third-order valence-corrected chi connectivity index (χ3v) is 3.60. The molecule has 17 heavy (non-hydrogen) atoms. The summed E-state index contributed by atoms with van der Waals surface area (Å²) in [5.41, 5.74) is 1.54. The average Bonchev–Trinajstić information content (AvgIpc) is 2.39. The molecule has 2 heteroatoms. The molecule has 3 rings (SSSR count). The van der Waals surface area contributed by atoms with E-state index in [1.54, 1.807) is 5.56 Å². The molecule has 2 aromatic carbocycles. The van der Waals surface area contributed by atoms with E-state index in [1.165, 1.54) is 23.6 Å². The van der Waals surface area contributed by atoms with Gasteiger partial charge in [0.25, 0.3) is 0 Å². The van der Waals surface area contributed by atoms with Gasteiger partial charge in [-0.3, -0.25) is 0 Å². The second kappa shape index (κ2) is 5.52. The van der Waals surface area contributed by atoms with Crippen LogP contribution in [0.4, 0.5) is 0 Å². The van der Waals surface area contributed by atoms with Crippen LogP contribution in [0.15, 0.2) is 42.5 Å². The molecule has 1 heterocycles. The summed E-state index contributed by atoms with van der Waals surface area (Å²) in [6, 6.07) is 15.4. The molecule has 0 unspecified atom stereocenters. The lowest BCUT2D eigenvalue weighted by Crippen LogP contribution is -2.26. The third kappa shape index (κ3) is 2.46. The lowest BCUT2D eigenvalue weighted by molar-refractivity contribution is 0.462. The highest BCUT2D eigenvalue weighted by molar-refractivity contribution is 5.86. The van der Waals surface area contributed by atoms with E-state index in [0.29, 0.717) is 0 Å². The largest absolute Gasteiger partial charge is 0.317 e. The van der Waals surface area contributed by atoms with Crippen molar-refractivity contribution in [3.63, 3.8) is 0 Å². The van der Waals surface area contributed by atoms with E-state index in [1.807, 2.05) is 0 Å². The van der Waals surface area contributed by atoms with Gasteiger partial charge in [-0.2, -0.15) is 0 Å². The van der Waals surface area contributed by atoms with Crippen LogP contribution in [-0.4, -0.2) is 13.1 Å². The van der Waals surface area contributed by atoms with Gasteiger partial charge in [0.15, 0.2) is 0 Å². The summed E-state index contributed by atoms with van der Waals surface area (Å²) in [4.78, 5) is 0. The molecule has 1 saturated heterocycles. The van der Waals surface area contributed by atoms with Crippen molar-refractivity contribution in [3.8, 4) is 0 Å². The molecule has 1 nitrogen and oxygen atoms in total. The van der Waals surface area contributed by atoms with Crippen LogP contribution >= 0.6 is 12.4 Å². The summed E-state index contributed by atoms with van der Waals surface area (Å²) in [7, 11) is 0. The van der Waals surface area contributed by atoms with Crippen LogP contribution in [0.25, 0.3) is 10.8 Å². The van der Waals surface area contributed by atoms with Crippen molar-refractivity contribution in [2.24, 2.45) is 0 Å². The molecule has 0 bridgehead atoms. The summed E-state index contributed by atoms with van der Waals surface area (Å²) in [5, 5.41) is 6.25. The molecule has 0 atom stereocenters. The first kappa shape index (κ1) is 12.4. The maximum atomic E-state index is 3.43. The first-order valence-electron chi connectivity index (χ1n) is 6.13. The van der Waals surface area contributed by atoms with Crippen molar-refractivity contribution in [2.45, 2.75) is 18.8 Å². The Labute approximate surface area is 109 Å². The van der Waals surface area contributed by atoms with Crippen molar-refractivity contribution in [2.75, 3.05) is 13.1 Å². The number of hydrogen-bond donors (Lipinski definition) is 1. The molecule has 2 aromatic rings. The minimum atomic E-state index is 0. The first-order valence-corrected chi connectivity index (χ1v) is 6.13. The number of hydrogen-bond acceptors (Lipinski definition) is 1. The van der Waals surface area contributed by atoms with E-state index in [4.69, 9.17) is 0 Å². The van der Waals surface area contributed by atoms with Crippen molar-refractivity contribution in [1.29, 1.82) is 0 Å². The average molecular weight is 248 g/mol. The zero-order valence-electron chi connectivity index (χ0n) is 9.86. The second-order valence-corrected chi connectivity index (χ2v) is 4.59.